The Morgan fingerprint density at radius 1 is 1.45 bits per heavy atom. The number of esters is 1. The topological polar surface area (TPSA) is 72.6 Å². The molecule has 1 aliphatic heterocycles. The summed E-state index contributed by atoms with van der Waals surface area (Å²) in [5.74, 6) is -0.512. The van der Waals surface area contributed by atoms with Crippen molar-refractivity contribution in [2.24, 2.45) is 0 Å². The average Bonchev–Trinajstić information content (AvgIpc) is 2.87. The third-order valence-corrected chi connectivity index (χ3v) is 3.59. The molecule has 1 aromatic carbocycles. The summed E-state index contributed by atoms with van der Waals surface area (Å²) >= 11 is 0. The van der Waals surface area contributed by atoms with Gasteiger partial charge < -0.3 is 15.4 Å². The van der Waals surface area contributed by atoms with E-state index in [0.717, 1.165) is 12.0 Å². The lowest BCUT2D eigenvalue weighted by Crippen LogP contribution is -2.41. The maximum atomic E-state index is 12.6. The van der Waals surface area contributed by atoms with E-state index in [9.17, 15) is 9.59 Å². The van der Waals surface area contributed by atoms with Crippen LogP contribution in [0.1, 0.15) is 35.7 Å². The van der Waals surface area contributed by atoms with Gasteiger partial charge in [0, 0.05) is 12.2 Å². The smallest absolute Gasteiger partial charge is 0.328 e. The number of likely N-dealkylation sites (tertiary alicyclic amines) is 1. The molecule has 0 aromatic heterocycles. The predicted octanol–water partition coefficient (Wildman–Crippen LogP) is 1.74. The first kappa shape index (κ1) is 14.4. The van der Waals surface area contributed by atoms with E-state index in [4.69, 9.17) is 10.5 Å². The summed E-state index contributed by atoms with van der Waals surface area (Å²) in [6, 6.07) is 4.88. The molecule has 0 aliphatic carbocycles. The highest BCUT2D eigenvalue weighted by Gasteiger charge is 2.36. The highest BCUT2D eigenvalue weighted by atomic mass is 16.5. The second-order valence-electron chi connectivity index (χ2n) is 4.95. The number of anilines is 1. The van der Waals surface area contributed by atoms with Crippen molar-refractivity contribution < 1.29 is 14.3 Å². The van der Waals surface area contributed by atoms with Gasteiger partial charge in [0.15, 0.2) is 0 Å². The number of ether oxygens (including phenoxy) is 1. The van der Waals surface area contributed by atoms with Crippen molar-refractivity contribution in [2.45, 2.75) is 32.7 Å². The Labute approximate surface area is 118 Å². The molecule has 1 amide bonds. The molecule has 1 fully saturated rings. The number of nitrogens with zero attached hydrogens (tertiary/aromatic N) is 1. The maximum absolute atomic E-state index is 12.6. The van der Waals surface area contributed by atoms with Gasteiger partial charge in [-0.05, 0) is 38.3 Å². The molecule has 2 N–H and O–H groups in total. The summed E-state index contributed by atoms with van der Waals surface area (Å²) in [5, 5.41) is 0. The number of carbonyl (C=O) groups excluding carboxylic acids is 2. The average molecular weight is 276 g/mol. The molecular formula is C15H20N2O3. The number of hydrogen-bond donors (Lipinski definition) is 1. The van der Waals surface area contributed by atoms with Crippen LogP contribution in [0.4, 0.5) is 5.69 Å². The third kappa shape index (κ3) is 2.61. The Kier molecular flexibility index (Phi) is 4.27. The lowest BCUT2D eigenvalue weighted by atomic mass is 10.0. The standard InChI is InChI=1S/C15H20N2O3/c1-3-20-15(19)12-8-5-9-17(12)14(18)13-10(2)6-4-7-11(13)16/h4,6-7,12H,3,5,8-9,16H2,1-2H3. The third-order valence-electron chi connectivity index (χ3n) is 3.59. The number of aryl methyl sites for hydroxylation is 1. The zero-order valence-electron chi connectivity index (χ0n) is 11.9. The zero-order chi connectivity index (χ0) is 14.7. The minimum Gasteiger partial charge on any atom is -0.464 e. The molecule has 1 saturated heterocycles. The number of hydrogen-bond acceptors (Lipinski definition) is 4. The number of nitrogens with two attached hydrogens (primary N) is 1. The lowest BCUT2D eigenvalue weighted by Gasteiger charge is -2.24. The van der Waals surface area contributed by atoms with E-state index in [1.54, 1.807) is 17.9 Å². The minimum atomic E-state index is -0.485. The zero-order valence-corrected chi connectivity index (χ0v) is 11.9. The first-order valence-electron chi connectivity index (χ1n) is 6.89. The quantitative estimate of drug-likeness (QED) is 0.674. The summed E-state index contributed by atoms with van der Waals surface area (Å²) < 4.78 is 5.04. The molecule has 1 heterocycles. The van der Waals surface area contributed by atoms with Gasteiger partial charge in [0.1, 0.15) is 6.04 Å². The van der Waals surface area contributed by atoms with Crippen LogP contribution in [-0.2, 0) is 9.53 Å². The van der Waals surface area contributed by atoms with Gasteiger partial charge in [-0.1, -0.05) is 12.1 Å². The molecule has 1 aromatic rings. The Hall–Kier alpha value is -2.04. The van der Waals surface area contributed by atoms with Gasteiger partial charge in [-0.2, -0.15) is 0 Å². The summed E-state index contributed by atoms with van der Waals surface area (Å²) in [6.07, 6.45) is 1.46. The Balaban J connectivity index is 2.26. The van der Waals surface area contributed by atoms with Crippen LogP contribution in [0.25, 0.3) is 0 Å². The van der Waals surface area contributed by atoms with E-state index in [0.29, 0.717) is 30.8 Å². The number of nitrogen functional groups attached to an aromatic ring is 1. The molecule has 0 saturated carbocycles. The maximum Gasteiger partial charge on any atom is 0.328 e. The van der Waals surface area contributed by atoms with Gasteiger partial charge in [-0.15, -0.1) is 0 Å². The Morgan fingerprint density at radius 2 is 2.20 bits per heavy atom. The summed E-state index contributed by atoms with van der Waals surface area (Å²) in [5.41, 5.74) is 7.67. The second-order valence-corrected chi connectivity index (χ2v) is 4.95. The molecule has 0 bridgehead atoms. The van der Waals surface area contributed by atoms with Gasteiger partial charge in [0.2, 0.25) is 0 Å². The van der Waals surface area contributed by atoms with Gasteiger partial charge in [-0.3, -0.25) is 4.79 Å². The van der Waals surface area contributed by atoms with E-state index in [1.165, 1.54) is 0 Å². The van der Waals surface area contributed by atoms with Crippen LogP contribution in [0, 0.1) is 6.92 Å². The lowest BCUT2D eigenvalue weighted by molar-refractivity contribution is -0.147. The Bertz CT molecular complexity index is 508. The molecular weight excluding hydrogens is 256 g/mol. The van der Waals surface area contributed by atoms with Crippen molar-refractivity contribution in [3.63, 3.8) is 0 Å². The van der Waals surface area contributed by atoms with Crippen molar-refractivity contribution >= 4 is 17.6 Å². The van der Waals surface area contributed by atoms with Crippen LogP contribution in [0.15, 0.2) is 18.2 Å². The van der Waals surface area contributed by atoms with Gasteiger partial charge in [0.25, 0.3) is 5.91 Å². The van der Waals surface area contributed by atoms with E-state index in [1.807, 2.05) is 19.1 Å². The van der Waals surface area contributed by atoms with Gasteiger partial charge >= 0.3 is 5.97 Å². The molecule has 1 unspecified atom stereocenters. The fraction of sp³-hybridized carbons (Fsp3) is 0.467. The molecule has 108 valence electrons. The van der Waals surface area contributed by atoms with Crippen molar-refractivity contribution in [3.8, 4) is 0 Å². The van der Waals surface area contributed by atoms with Crippen molar-refractivity contribution in [3.05, 3.63) is 29.3 Å². The highest BCUT2D eigenvalue weighted by molar-refractivity contribution is 6.02. The van der Waals surface area contributed by atoms with Gasteiger partial charge in [-0.25, -0.2) is 4.79 Å². The fourth-order valence-corrected chi connectivity index (χ4v) is 2.62. The largest absolute Gasteiger partial charge is 0.464 e. The highest BCUT2D eigenvalue weighted by Crippen LogP contribution is 2.25. The molecule has 1 atom stereocenters. The molecule has 0 radical (unpaired) electrons. The van der Waals surface area contributed by atoms with Gasteiger partial charge in [0.05, 0.1) is 12.2 Å². The Morgan fingerprint density at radius 3 is 2.85 bits per heavy atom. The fourth-order valence-electron chi connectivity index (χ4n) is 2.62. The number of amides is 1. The van der Waals surface area contributed by atoms with E-state index in [2.05, 4.69) is 0 Å². The molecule has 1 aliphatic rings. The molecule has 0 spiro atoms. The minimum absolute atomic E-state index is 0.184. The second kappa shape index (κ2) is 5.94. The molecule has 5 heteroatoms. The number of rotatable bonds is 3. The van der Waals surface area contributed by atoms with E-state index < -0.39 is 6.04 Å². The first-order valence-corrected chi connectivity index (χ1v) is 6.89. The van der Waals surface area contributed by atoms with Crippen LogP contribution in [-0.4, -0.2) is 36.0 Å². The van der Waals surface area contributed by atoms with Crippen LogP contribution in [0.2, 0.25) is 0 Å². The predicted molar refractivity (Wildman–Crippen MR) is 76.3 cm³/mol. The van der Waals surface area contributed by atoms with Crippen LogP contribution >= 0.6 is 0 Å². The summed E-state index contributed by atoms with van der Waals surface area (Å²) in [4.78, 5) is 26.1. The van der Waals surface area contributed by atoms with Crippen molar-refractivity contribution in [2.75, 3.05) is 18.9 Å². The van der Waals surface area contributed by atoms with Crippen LogP contribution in [0.5, 0.6) is 0 Å². The number of benzene rings is 1. The van der Waals surface area contributed by atoms with Crippen LogP contribution in [0.3, 0.4) is 0 Å². The summed E-state index contributed by atoms with van der Waals surface area (Å²) in [7, 11) is 0. The van der Waals surface area contributed by atoms with Crippen molar-refractivity contribution in [1.82, 2.24) is 4.90 Å². The molecule has 20 heavy (non-hydrogen) atoms. The van der Waals surface area contributed by atoms with Crippen LogP contribution < -0.4 is 5.73 Å². The SMILES string of the molecule is CCOC(=O)C1CCCN1C(=O)c1c(C)cccc1N. The van der Waals surface area contributed by atoms with Crippen molar-refractivity contribution in [1.29, 1.82) is 0 Å². The first-order chi connectivity index (χ1) is 9.56. The monoisotopic (exact) mass is 276 g/mol. The normalized spacial score (nSPS) is 18.1. The van der Waals surface area contributed by atoms with E-state index >= 15 is 0 Å². The molecule has 2 rings (SSSR count). The molecule has 5 nitrogen and oxygen atoms in total. The summed E-state index contributed by atoms with van der Waals surface area (Å²) in [6.45, 7) is 4.50. The van der Waals surface area contributed by atoms with E-state index in [-0.39, 0.29) is 11.9 Å². The number of carbonyl (C=O) groups is 2.